The molecule has 0 saturated carbocycles. The van der Waals surface area contributed by atoms with Gasteiger partial charge >= 0.3 is 5.97 Å². The molecule has 0 aliphatic rings. The quantitative estimate of drug-likeness (QED) is 0.0321. The topological polar surface area (TPSA) is 95.9 Å². The fraction of sp³-hybridized carbons (Fsp3) is 0.825. The van der Waals surface area contributed by atoms with Crippen LogP contribution in [0.5, 0.6) is 0 Å². The number of hydrogen-bond acceptors (Lipinski definition) is 5. The van der Waals surface area contributed by atoms with Crippen molar-refractivity contribution in [2.75, 3.05) is 6.61 Å². The van der Waals surface area contributed by atoms with Crippen molar-refractivity contribution in [1.29, 1.82) is 0 Å². The largest absolute Gasteiger partial charge is 0.462 e. The lowest BCUT2D eigenvalue weighted by molar-refractivity contribution is -0.151. The lowest BCUT2D eigenvalue weighted by Gasteiger charge is -2.24. The van der Waals surface area contributed by atoms with Crippen LogP contribution in [0.15, 0.2) is 48.6 Å². The Morgan fingerprint density at radius 3 is 1.32 bits per heavy atom. The van der Waals surface area contributed by atoms with Gasteiger partial charge in [0.05, 0.1) is 25.2 Å². The third-order valence-electron chi connectivity index (χ3n) is 12.4. The van der Waals surface area contributed by atoms with Crippen LogP contribution in [0, 0.1) is 0 Å². The van der Waals surface area contributed by atoms with Gasteiger partial charge in [-0.05, 0) is 83.5 Å². The number of carbonyl (C=O) groups excluding carboxylic acids is 2. The average molecular weight is 884 g/mol. The Kier molecular flexibility index (Phi) is 49.1. The molecule has 0 rings (SSSR count). The number of esters is 1. The number of hydrogen-bond donors (Lipinski definition) is 3. The van der Waals surface area contributed by atoms with E-state index in [1.54, 1.807) is 0 Å². The van der Waals surface area contributed by atoms with Crippen molar-refractivity contribution in [2.45, 2.75) is 296 Å². The minimum Gasteiger partial charge on any atom is -0.462 e. The summed E-state index contributed by atoms with van der Waals surface area (Å²) in [6.45, 7) is 6.37. The number of amides is 1. The first-order valence-corrected chi connectivity index (χ1v) is 27.4. The summed E-state index contributed by atoms with van der Waals surface area (Å²) in [6.07, 6.45) is 61.7. The van der Waals surface area contributed by atoms with Gasteiger partial charge in [-0.2, -0.15) is 0 Å². The van der Waals surface area contributed by atoms with Crippen molar-refractivity contribution in [2.24, 2.45) is 0 Å². The molecule has 0 radical (unpaired) electrons. The van der Waals surface area contributed by atoms with Crippen LogP contribution in [0.4, 0.5) is 0 Å². The SMILES string of the molecule is CC/C=C/C/C=C/C/C=C/CCCCCCC(CC(=O)NC(CO)C(O)CCCCCCCCCCCCCCCCCCC)OC(=O)CCCCC/C=C\CCCCCCCC. The summed E-state index contributed by atoms with van der Waals surface area (Å²) >= 11 is 0. The molecule has 3 unspecified atom stereocenters. The van der Waals surface area contributed by atoms with Gasteiger partial charge in [0, 0.05) is 6.42 Å². The number of aliphatic hydroxyl groups is 2. The molecule has 0 bridgehead atoms. The normalized spacial score (nSPS) is 13.5. The number of ether oxygens (including phenoxy) is 1. The molecular formula is C57H105NO5. The molecule has 368 valence electrons. The number of unbranched alkanes of at least 4 members (excludes halogenated alkanes) is 29. The highest BCUT2D eigenvalue weighted by Gasteiger charge is 2.24. The van der Waals surface area contributed by atoms with Crippen LogP contribution in [-0.2, 0) is 14.3 Å². The van der Waals surface area contributed by atoms with Gasteiger partial charge in [-0.1, -0.05) is 230 Å². The smallest absolute Gasteiger partial charge is 0.306 e. The van der Waals surface area contributed by atoms with Gasteiger partial charge in [0.1, 0.15) is 6.10 Å². The molecule has 0 heterocycles. The van der Waals surface area contributed by atoms with E-state index >= 15 is 0 Å². The number of carbonyl (C=O) groups is 2. The molecule has 1 amide bonds. The first kappa shape index (κ1) is 60.8. The zero-order valence-electron chi connectivity index (χ0n) is 42.0. The van der Waals surface area contributed by atoms with Gasteiger partial charge in [0.25, 0.3) is 0 Å². The van der Waals surface area contributed by atoms with E-state index in [0.29, 0.717) is 19.3 Å². The monoisotopic (exact) mass is 884 g/mol. The summed E-state index contributed by atoms with van der Waals surface area (Å²) in [5, 5.41) is 23.8. The minimum absolute atomic E-state index is 0.0575. The van der Waals surface area contributed by atoms with Gasteiger partial charge in [0.15, 0.2) is 0 Å². The minimum atomic E-state index is -0.797. The van der Waals surface area contributed by atoms with E-state index < -0.39 is 18.2 Å². The van der Waals surface area contributed by atoms with Crippen LogP contribution in [0.3, 0.4) is 0 Å². The van der Waals surface area contributed by atoms with Crippen LogP contribution >= 0.6 is 0 Å². The van der Waals surface area contributed by atoms with E-state index in [1.165, 1.54) is 128 Å². The summed E-state index contributed by atoms with van der Waals surface area (Å²) in [5.41, 5.74) is 0. The fourth-order valence-electron chi connectivity index (χ4n) is 8.26. The van der Waals surface area contributed by atoms with Gasteiger partial charge in [-0.15, -0.1) is 0 Å². The molecule has 0 saturated heterocycles. The van der Waals surface area contributed by atoms with Crippen molar-refractivity contribution < 1.29 is 24.5 Å². The summed E-state index contributed by atoms with van der Waals surface area (Å²) in [4.78, 5) is 26.2. The number of nitrogens with one attached hydrogen (secondary N) is 1. The predicted molar refractivity (Wildman–Crippen MR) is 273 cm³/mol. The number of aliphatic hydroxyl groups excluding tert-OH is 2. The maximum Gasteiger partial charge on any atom is 0.306 e. The summed E-state index contributed by atoms with van der Waals surface area (Å²) < 4.78 is 5.92. The second kappa shape index (κ2) is 50.8. The van der Waals surface area contributed by atoms with Gasteiger partial charge in [-0.3, -0.25) is 9.59 Å². The maximum atomic E-state index is 13.2. The van der Waals surface area contributed by atoms with E-state index in [1.807, 2.05) is 0 Å². The molecule has 0 aliphatic carbocycles. The number of allylic oxidation sites excluding steroid dienone is 8. The Morgan fingerprint density at radius 1 is 0.476 bits per heavy atom. The van der Waals surface area contributed by atoms with Crippen molar-refractivity contribution in [1.82, 2.24) is 5.32 Å². The number of rotatable bonds is 49. The molecule has 3 N–H and O–H groups in total. The molecule has 0 aromatic carbocycles. The highest BCUT2D eigenvalue weighted by atomic mass is 16.5. The summed E-state index contributed by atoms with van der Waals surface area (Å²) in [6, 6.07) is -0.712. The first-order chi connectivity index (χ1) is 31.0. The van der Waals surface area contributed by atoms with Crippen LogP contribution in [0.25, 0.3) is 0 Å². The molecule has 0 aliphatic heterocycles. The van der Waals surface area contributed by atoms with Crippen molar-refractivity contribution >= 4 is 11.9 Å². The second-order valence-electron chi connectivity index (χ2n) is 18.6. The van der Waals surface area contributed by atoms with E-state index in [0.717, 1.165) is 103 Å². The van der Waals surface area contributed by atoms with Crippen LogP contribution < -0.4 is 5.32 Å². The fourth-order valence-corrected chi connectivity index (χ4v) is 8.26. The van der Waals surface area contributed by atoms with Gasteiger partial charge < -0.3 is 20.3 Å². The van der Waals surface area contributed by atoms with E-state index in [-0.39, 0.29) is 24.9 Å². The second-order valence-corrected chi connectivity index (χ2v) is 18.6. The zero-order chi connectivity index (χ0) is 45.9. The Labute approximate surface area is 391 Å². The Bertz CT molecular complexity index is 1080. The van der Waals surface area contributed by atoms with Gasteiger partial charge in [0.2, 0.25) is 5.91 Å². The molecule has 63 heavy (non-hydrogen) atoms. The summed E-state index contributed by atoms with van der Waals surface area (Å²) in [7, 11) is 0. The molecule has 0 fully saturated rings. The van der Waals surface area contributed by atoms with Crippen molar-refractivity contribution in [3.05, 3.63) is 48.6 Å². The van der Waals surface area contributed by atoms with Crippen molar-refractivity contribution in [3.63, 3.8) is 0 Å². The van der Waals surface area contributed by atoms with Crippen LogP contribution in [0.1, 0.15) is 278 Å². The highest BCUT2D eigenvalue weighted by molar-refractivity contribution is 5.77. The molecular weight excluding hydrogens is 779 g/mol. The maximum absolute atomic E-state index is 13.2. The molecule has 3 atom stereocenters. The zero-order valence-corrected chi connectivity index (χ0v) is 42.0. The molecule has 6 nitrogen and oxygen atoms in total. The third kappa shape index (κ3) is 46.2. The molecule has 6 heteroatoms. The molecule has 0 spiro atoms. The van der Waals surface area contributed by atoms with E-state index in [4.69, 9.17) is 4.74 Å². The molecule has 0 aromatic heterocycles. The first-order valence-electron chi connectivity index (χ1n) is 27.4. The van der Waals surface area contributed by atoms with Crippen LogP contribution in [0.2, 0.25) is 0 Å². The third-order valence-corrected chi connectivity index (χ3v) is 12.4. The Morgan fingerprint density at radius 2 is 0.857 bits per heavy atom. The Hall–Kier alpha value is -2.18. The van der Waals surface area contributed by atoms with E-state index in [9.17, 15) is 19.8 Å². The lowest BCUT2D eigenvalue weighted by atomic mass is 10.0. The summed E-state index contributed by atoms with van der Waals surface area (Å²) in [5.74, 6) is -0.508. The van der Waals surface area contributed by atoms with E-state index in [2.05, 4.69) is 74.7 Å². The average Bonchev–Trinajstić information content (AvgIpc) is 3.28. The van der Waals surface area contributed by atoms with Crippen molar-refractivity contribution in [3.8, 4) is 0 Å². The predicted octanol–water partition coefficient (Wildman–Crippen LogP) is 16.6. The lowest BCUT2D eigenvalue weighted by Crippen LogP contribution is -2.46. The molecule has 0 aromatic rings. The standard InChI is InChI=1S/C57H105NO5/c1-4-7-10-13-16-19-22-25-27-28-29-32-34-37-40-43-46-49-55(60)54(52-59)58-56(61)51-53(48-45-42-39-36-33-31-26-23-20-17-14-11-8-5-2)63-57(62)50-47-44-41-38-35-30-24-21-18-15-12-9-6-3/h8,11,17,20,26,30-31,35,53-55,59-60H,4-7,9-10,12-16,18-19,21-25,27-29,32-34,36-52H2,1-3H3,(H,58,61)/b11-8+,20-17+,31-26+,35-30-. The van der Waals surface area contributed by atoms with Gasteiger partial charge in [-0.25, -0.2) is 0 Å². The Balaban J connectivity index is 4.56. The van der Waals surface area contributed by atoms with Crippen LogP contribution in [-0.4, -0.2) is 46.9 Å². The highest BCUT2D eigenvalue weighted by Crippen LogP contribution is 2.18.